The smallest absolute Gasteiger partial charge is 0.318 e. The van der Waals surface area contributed by atoms with Gasteiger partial charge in [-0.05, 0) is 17.7 Å². The minimum absolute atomic E-state index is 0.407. The summed E-state index contributed by atoms with van der Waals surface area (Å²) in [5.74, 6) is -1.62. The Morgan fingerprint density at radius 1 is 1.43 bits per heavy atom. The van der Waals surface area contributed by atoms with Crippen LogP contribution in [0.25, 0.3) is 0 Å². The van der Waals surface area contributed by atoms with Gasteiger partial charge < -0.3 is 14.6 Å². The van der Waals surface area contributed by atoms with Crippen LogP contribution in [0.5, 0.6) is 5.75 Å². The number of rotatable bonds is 4. The standard InChI is InChI=1S/C10H10O4/c1-14-8-4-2-7(3-5-8)9(6-11)10(12)13/h2-6,9H,1H3,(H,12,13). The van der Waals surface area contributed by atoms with Gasteiger partial charge in [-0.2, -0.15) is 0 Å². The molecule has 0 aliphatic rings. The van der Waals surface area contributed by atoms with Gasteiger partial charge >= 0.3 is 5.97 Å². The van der Waals surface area contributed by atoms with E-state index in [1.54, 1.807) is 24.3 Å². The molecular formula is C10H10O4. The van der Waals surface area contributed by atoms with Crippen LogP contribution in [-0.2, 0) is 9.59 Å². The Bertz CT molecular complexity index is 328. The first-order valence-corrected chi connectivity index (χ1v) is 4.01. The second-order valence-corrected chi connectivity index (χ2v) is 2.73. The molecular weight excluding hydrogens is 184 g/mol. The van der Waals surface area contributed by atoms with E-state index in [4.69, 9.17) is 9.84 Å². The monoisotopic (exact) mass is 194 g/mol. The van der Waals surface area contributed by atoms with Crippen LogP contribution in [0.2, 0.25) is 0 Å². The van der Waals surface area contributed by atoms with Crippen molar-refractivity contribution in [1.82, 2.24) is 0 Å². The van der Waals surface area contributed by atoms with Crippen LogP contribution in [0.4, 0.5) is 0 Å². The van der Waals surface area contributed by atoms with Crippen LogP contribution in [-0.4, -0.2) is 24.5 Å². The van der Waals surface area contributed by atoms with Crippen molar-refractivity contribution < 1.29 is 19.4 Å². The number of benzene rings is 1. The predicted octanol–water partition coefficient (Wildman–Crippen LogP) is 1.06. The summed E-state index contributed by atoms with van der Waals surface area (Å²) in [7, 11) is 1.52. The summed E-state index contributed by atoms with van der Waals surface area (Å²) in [5.41, 5.74) is 0.452. The van der Waals surface area contributed by atoms with E-state index in [9.17, 15) is 9.59 Å². The molecule has 0 fully saturated rings. The molecule has 0 aromatic heterocycles. The summed E-state index contributed by atoms with van der Waals surface area (Å²) in [4.78, 5) is 21.1. The van der Waals surface area contributed by atoms with Crippen LogP contribution in [0, 0.1) is 0 Å². The molecule has 1 unspecified atom stereocenters. The highest BCUT2D eigenvalue weighted by Crippen LogP contribution is 2.17. The molecule has 1 aromatic rings. The zero-order valence-electron chi connectivity index (χ0n) is 7.64. The number of ether oxygens (including phenoxy) is 1. The van der Waals surface area contributed by atoms with Crippen molar-refractivity contribution >= 4 is 12.3 Å². The molecule has 0 bridgehead atoms. The molecule has 0 aliphatic carbocycles. The molecule has 0 saturated heterocycles. The molecule has 0 radical (unpaired) electrons. The highest BCUT2D eigenvalue weighted by Gasteiger charge is 2.18. The third kappa shape index (κ3) is 2.10. The van der Waals surface area contributed by atoms with Crippen molar-refractivity contribution in [2.75, 3.05) is 7.11 Å². The Labute approximate surface area is 81.1 Å². The molecule has 4 nitrogen and oxygen atoms in total. The van der Waals surface area contributed by atoms with Crippen LogP contribution in [0.15, 0.2) is 24.3 Å². The Morgan fingerprint density at radius 2 is 2.00 bits per heavy atom. The molecule has 0 aliphatic heterocycles. The maximum absolute atomic E-state index is 10.6. The minimum Gasteiger partial charge on any atom is -0.497 e. The molecule has 14 heavy (non-hydrogen) atoms. The maximum atomic E-state index is 10.6. The molecule has 1 atom stereocenters. The zero-order valence-corrected chi connectivity index (χ0v) is 7.64. The summed E-state index contributed by atoms with van der Waals surface area (Å²) < 4.78 is 4.91. The fourth-order valence-corrected chi connectivity index (χ4v) is 1.09. The summed E-state index contributed by atoms with van der Waals surface area (Å²) in [6.45, 7) is 0. The number of hydrogen-bond acceptors (Lipinski definition) is 3. The van der Waals surface area contributed by atoms with E-state index in [2.05, 4.69) is 0 Å². The van der Waals surface area contributed by atoms with Crippen molar-refractivity contribution in [1.29, 1.82) is 0 Å². The first kappa shape index (κ1) is 10.2. The zero-order chi connectivity index (χ0) is 10.6. The number of methoxy groups -OCH3 is 1. The molecule has 1 rings (SSSR count). The topological polar surface area (TPSA) is 63.6 Å². The van der Waals surface area contributed by atoms with Gasteiger partial charge in [0.1, 0.15) is 18.0 Å². The van der Waals surface area contributed by atoms with Gasteiger partial charge in [0, 0.05) is 0 Å². The third-order valence-electron chi connectivity index (χ3n) is 1.88. The normalized spacial score (nSPS) is 11.8. The van der Waals surface area contributed by atoms with E-state index in [0.717, 1.165) is 0 Å². The highest BCUT2D eigenvalue weighted by molar-refractivity contribution is 5.92. The number of carbonyl (C=O) groups excluding carboxylic acids is 1. The first-order chi connectivity index (χ1) is 6.69. The van der Waals surface area contributed by atoms with Gasteiger partial charge in [0.25, 0.3) is 0 Å². The van der Waals surface area contributed by atoms with Gasteiger partial charge in [0.05, 0.1) is 7.11 Å². The van der Waals surface area contributed by atoms with Crippen molar-refractivity contribution in [3.8, 4) is 5.75 Å². The van der Waals surface area contributed by atoms with Crippen LogP contribution >= 0.6 is 0 Å². The van der Waals surface area contributed by atoms with E-state index >= 15 is 0 Å². The number of aliphatic carboxylic acids is 1. The quantitative estimate of drug-likeness (QED) is 0.575. The van der Waals surface area contributed by atoms with Crippen molar-refractivity contribution in [2.45, 2.75) is 5.92 Å². The summed E-state index contributed by atoms with van der Waals surface area (Å²) in [6, 6.07) is 6.36. The predicted molar refractivity (Wildman–Crippen MR) is 49.4 cm³/mol. The van der Waals surface area contributed by atoms with E-state index in [-0.39, 0.29) is 0 Å². The number of carboxylic acids is 1. The molecule has 0 spiro atoms. The molecule has 4 heteroatoms. The Kier molecular flexibility index (Phi) is 3.23. The largest absolute Gasteiger partial charge is 0.497 e. The number of carbonyl (C=O) groups is 2. The van der Waals surface area contributed by atoms with Crippen LogP contribution in [0.3, 0.4) is 0 Å². The average Bonchev–Trinajstić information content (AvgIpc) is 2.19. The van der Waals surface area contributed by atoms with Gasteiger partial charge in [0.15, 0.2) is 0 Å². The lowest BCUT2D eigenvalue weighted by molar-refractivity contribution is -0.140. The highest BCUT2D eigenvalue weighted by atomic mass is 16.5. The van der Waals surface area contributed by atoms with E-state index in [0.29, 0.717) is 17.6 Å². The Balaban J connectivity index is 2.94. The third-order valence-corrected chi connectivity index (χ3v) is 1.88. The van der Waals surface area contributed by atoms with E-state index in [1.165, 1.54) is 7.11 Å². The van der Waals surface area contributed by atoms with E-state index < -0.39 is 11.9 Å². The number of hydrogen-bond donors (Lipinski definition) is 1. The maximum Gasteiger partial charge on any atom is 0.318 e. The van der Waals surface area contributed by atoms with Crippen LogP contribution < -0.4 is 4.74 Å². The lowest BCUT2D eigenvalue weighted by atomic mass is 10.0. The molecule has 0 heterocycles. The summed E-state index contributed by atoms with van der Waals surface area (Å²) in [5, 5.41) is 8.69. The molecule has 0 saturated carbocycles. The van der Waals surface area contributed by atoms with Crippen molar-refractivity contribution in [3.05, 3.63) is 29.8 Å². The molecule has 1 N–H and O–H groups in total. The average molecular weight is 194 g/mol. The summed E-state index contributed by atoms with van der Waals surface area (Å²) >= 11 is 0. The van der Waals surface area contributed by atoms with Gasteiger partial charge in [-0.15, -0.1) is 0 Å². The number of carboxylic acid groups (broad SMARTS) is 1. The second kappa shape index (κ2) is 4.41. The lowest BCUT2D eigenvalue weighted by Crippen LogP contribution is -2.12. The lowest BCUT2D eigenvalue weighted by Gasteiger charge is -2.05. The molecule has 0 amide bonds. The van der Waals surface area contributed by atoms with Gasteiger partial charge in [-0.25, -0.2) is 0 Å². The molecule has 74 valence electrons. The van der Waals surface area contributed by atoms with Crippen molar-refractivity contribution in [2.24, 2.45) is 0 Å². The Hall–Kier alpha value is -1.84. The fraction of sp³-hybridized carbons (Fsp3) is 0.200. The molecule has 1 aromatic carbocycles. The van der Waals surface area contributed by atoms with Gasteiger partial charge in [0.2, 0.25) is 0 Å². The van der Waals surface area contributed by atoms with Crippen molar-refractivity contribution in [3.63, 3.8) is 0 Å². The Morgan fingerprint density at radius 3 is 2.36 bits per heavy atom. The van der Waals surface area contributed by atoms with Gasteiger partial charge in [-0.1, -0.05) is 12.1 Å². The van der Waals surface area contributed by atoms with Gasteiger partial charge in [-0.3, -0.25) is 4.79 Å². The minimum atomic E-state index is -1.15. The van der Waals surface area contributed by atoms with Crippen LogP contribution in [0.1, 0.15) is 11.5 Å². The summed E-state index contributed by atoms with van der Waals surface area (Å²) in [6.07, 6.45) is 0.407. The number of aldehydes is 1. The van der Waals surface area contributed by atoms with E-state index in [1.807, 2.05) is 0 Å². The fourth-order valence-electron chi connectivity index (χ4n) is 1.09. The first-order valence-electron chi connectivity index (χ1n) is 4.01. The SMILES string of the molecule is COc1ccc(C(C=O)C(=O)O)cc1. The second-order valence-electron chi connectivity index (χ2n) is 2.73.